The van der Waals surface area contributed by atoms with E-state index < -0.39 is 0 Å². The number of carbonyl (C=O) groups excluding carboxylic acids is 1. The number of likely N-dealkylation sites (tertiary alicyclic amines) is 1. The Kier molecular flexibility index (Phi) is 4.58. The first kappa shape index (κ1) is 19.0. The van der Waals surface area contributed by atoms with Crippen molar-refractivity contribution in [3.8, 4) is 11.3 Å². The van der Waals surface area contributed by atoms with Gasteiger partial charge >= 0.3 is 0 Å². The molecule has 2 N–H and O–H groups in total. The molecular formula is C25H29N5O. The van der Waals surface area contributed by atoms with Crippen molar-refractivity contribution in [1.29, 1.82) is 0 Å². The lowest BCUT2D eigenvalue weighted by molar-refractivity contribution is 0.0951. The first-order valence-corrected chi connectivity index (χ1v) is 11.5. The van der Waals surface area contributed by atoms with Gasteiger partial charge in [0.05, 0.1) is 11.4 Å². The minimum atomic E-state index is -0.0276. The molecule has 1 unspecified atom stereocenters. The Hall–Kier alpha value is -2.70. The molecule has 1 spiro atoms. The number of nitrogens with one attached hydrogen (secondary N) is 2. The number of carbonyl (C=O) groups is 1. The molecule has 31 heavy (non-hydrogen) atoms. The zero-order valence-electron chi connectivity index (χ0n) is 17.9. The molecule has 3 aromatic rings. The van der Waals surface area contributed by atoms with Crippen LogP contribution >= 0.6 is 0 Å². The van der Waals surface area contributed by atoms with Gasteiger partial charge in [-0.25, -0.2) is 4.98 Å². The second-order valence-electron chi connectivity index (χ2n) is 9.46. The zero-order chi connectivity index (χ0) is 20.8. The van der Waals surface area contributed by atoms with E-state index in [0.717, 1.165) is 35.6 Å². The summed E-state index contributed by atoms with van der Waals surface area (Å²) >= 11 is 0. The molecule has 2 saturated heterocycles. The predicted molar refractivity (Wildman–Crippen MR) is 121 cm³/mol. The molecule has 0 saturated carbocycles. The number of hydrogen-bond donors (Lipinski definition) is 2. The Morgan fingerprint density at radius 2 is 1.97 bits per heavy atom. The number of piperidine rings is 1. The number of rotatable bonds is 3. The highest BCUT2D eigenvalue weighted by molar-refractivity contribution is 5.94. The molecule has 6 heteroatoms. The third-order valence-electron chi connectivity index (χ3n) is 7.33. The highest BCUT2D eigenvalue weighted by atomic mass is 16.1. The summed E-state index contributed by atoms with van der Waals surface area (Å²) in [5.74, 6) is -0.0276. The van der Waals surface area contributed by atoms with Gasteiger partial charge in [0, 0.05) is 38.2 Å². The second-order valence-corrected chi connectivity index (χ2v) is 9.46. The van der Waals surface area contributed by atoms with E-state index in [-0.39, 0.29) is 5.91 Å². The summed E-state index contributed by atoms with van der Waals surface area (Å²) in [4.78, 5) is 19.9. The topological polar surface area (TPSA) is 61.7 Å². The maximum Gasteiger partial charge on any atom is 0.268 e. The molecule has 3 aliphatic rings. The summed E-state index contributed by atoms with van der Waals surface area (Å²) in [6.07, 6.45) is 4.78. The lowest BCUT2D eigenvalue weighted by Crippen LogP contribution is -2.41. The third-order valence-corrected chi connectivity index (χ3v) is 7.33. The summed E-state index contributed by atoms with van der Waals surface area (Å²) in [7, 11) is 0. The minimum absolute atomic E-state index is 0.0276. The van der Waals surface area contributed by atoms with Crippen molar-refractivity contribution in [3.05, 3.63) is 59.4 Å². The van der Waals surface area contributed by atoms with Gasteiger partial charge in [0.15, 0.2) is 0 Å². The molecule has 160 valence electrons. The van der Waals surface area contributed by atoms with Crippen molar-refractivity contribution in [2.45, 2.75) is 32.2 Å². The summed E-state index contributed by atoms with van der Waals surface area (Å²) in [6.45, 7) is 6.42. The van der Waals surface area contributed by atoms with E-state index >= 15 is 0 Å². The van der Waals surface area contributed by atoms with Crippen LogP contribution in [-0.2, 0) is 13.0 Å². The molecule has 1 aromatic carbocycles. The minimum Gasteiger partial charge on any atom is -0.350 e. The molecule has 1 amide bonds. The molecule has 6 rings (SSSR count). The molecule has 0 aliphatic carbocycles. The highest BCUT2D eigenvalue weighted by Gasteiger charge is 2.38. The fourth-order valence-corrected chi connectivity index (χ4v) is 5.74. The van der Waals surface area contributed by atoms with Gasteiger partial charge in [-0.3, -0.25) is 14.1 Å². The molecule has 2 aromatic heterocycles. The molecule has 0 bridgehead atoms. The average Bonchev–Trinajstić information content (AvgIpc) is 3.30. The molecule has 5 heterocycles. The average molecular weight is 416 g/mol. The monoisotopic (exact) mass is 415 g/mol. The van der Waals surface area contributed by atoms with E-state index in [4.69, 9.17) is 4.98 Å². The number of nitrogens with zero attached hydrogens (tertiary/aromatic N) is 3. The zero-order valence-corrected chi connectivity index (χ0v) is 17.9. The number of benzene rings is 1. The normalized spacial score (nSPS) is 23.9. The van der Waals surface area contributed by atoms with E-state index in [1.807, 2.05) is 22.6 Å². The van der Waals surface area contributed by atoms with E-state index in [9.17, 15) is 4.79 Å². The Balaban J connectivity index is 1.25. The standard InChI is InChI=1S/C25H29N5O/c31-24-21-3-1-4-22-28-23(20(30(21)22)9-13-27-24)19-7-5-18(6-8-19)15-29-14-11-25(17-29)10-2-12-26-16-25/h1,3-8,26H,2,9-17H2,(H,27,31). The van der Waals surface area contributed by atoms with E-state index in [1.165, 1.54) is 51.0 Å². The fourth-order valence-electron chi connectivity index (χ4n) is 5.74. The van der Waals surface area contributed by atoms with Crippen LogP contribution in [0.3, 0.4) is 0 Å². The molecule has 3 aliphatic heterocycles. The number of hydrogen-bond acceptors (Lipinski definition) is 4. The highest BCUT2D eigenvalue weighted by Crippen LogP contribution is 2.37. The molecule has 6 nitrogen and oxygen atoms in total. The maximum absolute atomic E-state index is 12.4. The lowest BCUT2D eigenvalue weighted by Gasteiger charge is -2.34. The summed E-state index contributed by atoms with van der Waals surface area (Å²) < 4.78 is 2.02. The van der Waals surface area contributed by atoms with Gasteiger partial charge in [0.2, 0.25) is 0 Å². The summed E-state index contributed by atoms with van der Waals surface area (Å²) in [6, 6.07) is 14.6. The van der Waals surface area contributed by atoms with Crippen molar-refractivity contribution >= 4 is 11.6 Å². The summed E-state index contributed by atoms with van der Waals surface area (Å²) in [5, 5.41) is 6.60. The number of amides is 1. The van der Waals surface area contributed by atoms with Gasteiger partial charge < -0.3 is 10.6 Å². The second kappa shape index (κ2) is 7.46. The van der Waals surface area contributed by atoms with Crippen LogP contribution in [0.5, 0.6) is 0 Å². The Morgan fingerprint density at radius 3 is 2.81 bits per heavy atom. The molecular weight excluding hydrogens is 386 g/mol. The van der Waals surface area contributed by atoms with Gasteiger partial charge in [-0.1, -0.05) is 30.3 Å². The van der Waals surface area contributed by atoms with Crippen LogP contribution in [-0.4, -0.2) is 52.9 Å². The van der Waals surface area contributed by atoms with Crippen LogP contribution in [0.2, 0.25) is 0 Å². The first-order chi connectivity index (χ1) is 15.2. The van der Waals surface area contributed by atoms with Crippen molar-refractivity contribution in [2.75, 3.05) is 32.7 Å². The van der Waals surface area contributed by atoms with Crippen molar-refractivity contribution < 1.29 is 4.79 Å². The lowest BCUT2D eigenvalue weighted by atomic mass is 9.80. The van der Waals surface area contributed by atoms with Crippen LogP contribution in [0.15, 0.2) is 42.5 Å². The van der Waals surface area contributed by atoms with Gasteiger partial charge in [0.1, 0.15) is 11.3 Å². The van der Waals surface area contributed by atoms with Gasteiger partial charge in [0.25, 0.3) is 5.91 Å². The van der Waals surface area contributed by atoms with Crippen molar-refractivity contribution in [1.82, 2.24) is 24.9 Å². The SMILES string of the molecule is O=C1NCCc2c(-c3ccc(CN4CCC5(CCCNC5)C4)cc3)nc3cccc1n23. The van der Waals surface area contributed by atoms with E-state index in [1.54, 1.807) is 0 Å². The molecule has 1 atom stereocenters. The quantitative estimate of drug-likeness (QED) is 0.691. The largest absolute Gasteiger partial charge is 0.350 e. The third kappa shape index (κ3) is 3.34. The fraction of sp³-hybridized carbons (Fsp3) is 0.440. The number of imidazole rings is 1. The van der Waals surface area contributed by atoms with Crippen molar-refractivity contribution in [3.63, 3.8) is 0 Å². The molecule has 0 radical (unpaired) electrons. The Bertz CT molecular complexity index is 1130. The van der Waals surface area contributed by atoms with Gasteiger partial charge in [-0.05, 0) is 55.5 Å². The van der Waals surface area contributed by atoms with Crippen LogP contribution in [0.1, 0.15) is 41.0 Å². The van der Waals surface area contributed by atoms with E-state index in [0.29, 0.717) is 17.7 Å². The van der Waals surface area contributed by atoms with E-state index in [2.05, 4.69) is 39.8 Å². The number of aromatic nitrogens is 2. The van der Waals surface area contributed by atoms with Gasteiger partial charge in [-0.2, -0.15) is 0 Å². The summed E-state index contributed by atoms with van der Waals surface area (Å²) in [5.41, 5.74) is 6.59. The predicted octanol–water partition coefficient (Wildman–Crippen LogP) is 2.86. The van der Waals surface area contributed by atoms with Crippen LogP contribution < -0.4 is 10.6 Å². The Morgan fingerprint density at radius 1 is 1.06 bits per heavy atom. The Labute approximate surface area is 182 Å². The van der Waals surface area contributed by atoms with Crippen LogP contribution in [0.25, 0.3) is 16.9 Å². The number of pyridine rings is 1. The molecule has 2 fully saturated rings. The maximum atomic E-state index is 12.4. The first-order valence-electron chi connectivity index (χ1n) is 11.5. The van der Waals surface area contributed by atoms with Crippen LogP contribution in [0.4, 0.5) is 0 Å². The van der Waals surface area contributed by atoms with Crippen LogP contribution in [0, 0.1) is 5.41 Å². The smallest absolute Gasteiger partial charge is 0.268 e. The van der Waals surface area contributed by atoms with Crippen molar-refractivity contribution in [2.24, 2.45) is 5.41 Å². The van der Waals surface area contributed by atoms with Gasteiger partial charge in [-0.15, -0.1) is 0 Å².